The molecule has 5 N–H and O–H groups in total. The van der Waals surface area contributed by atoms with Gasteiger partial charge in [0.15, 0.2) is 0 Å². The van der Waals surface area contributed by atoms with Crippen molar-refractivity contribution < 1.29 is 14.7 Å². The summed E-state index contributed by atoms with van der Waals surface area (Å²) < 4.78 is 0. The van der Waals surface area contributed by atoms with Gasteiger partial charge in [-0.2, -0.15) is 0 Å². The molecular formula is C24H42N4O3. The molecule has 0 aliphatic heterocycles. The van der Waals surface area contributed by atoms with E-state index in [1.165, 1.54) is 0 Å². The first-order valence-electron chi connectivity index (χ1n) is 11.5. The van der Waals surface area contributed by atoms with Crippen LogP contribution in [0, 0.1) is 23.7 Å². The highest BCUT2D eigenvalue weighted by molar-refractivity contribution is 5.88. The Morgan fingerprint density at radius 3 is 2.29 bits per heavy atom. The normalized spacial score (nSPS) is 16.5. The van der Waals surface area contributed by atoms with Gasteiger partial charge in [0.1, 0.15) is 6.04 Å². The van der Waals surface area contributed by atoms with Gasteiger partial charge in [-0.1, -0.05) is 54.0 Å². The zero-order valence-corrected chi connectivity index (χ0v) is 20.0. The Morgan fingerprint density at radius 1 is 1.10 bits per heavy atom. The second-order valence-corrected chi connectivity index (χ2v) is 9.36. The Morgan fingerprint density at radius 2 is 1.77 bits per heavy atom. The van der Waals surface area contributed by atoms with Crippen molar-refractivity contribution in [1.29, 1.82) is 0 Å². The van der Waals surface area contributed by atoms with Gasteiger partial charge in [-0.3, -0.25) is 14.6 Å². The molecule has 7 nitrogen and oxygen atoms in total. The molecule has 176 valence electrons. The minimum Gasteiger partial charge on any atom is -0.391 e. The number of nitrogens with zero attached hydrogens (tertiary/aromatic N) is 1. The van der Waals surface area contributed by atoms with Crippen LogP contribution in [-0.4, -0.2) is 40.1 Å². The molecule has 1 heterocycles. The average molecular weight is 435 g/mol. The summed E-state index contributed by atoms with van der Waals surface area (Å²) >= 11 is 0. The topological polar surface area (TPSA) is 117 Å². The number of aliphatic hydroxyl groups is 1. The molecule has 0 unspecified atom stereocenters. The van der Waals surface area contributed by atoms with E-state index in [0.29, 0.717) is 18.9 Å². The van der Waals surface area contributed by atoms with Crippen LogP contribution in [0.15, 0.2) is 24.4 Å². The van der Waals surface area contributed by atoms with Crippen LogP contribution >= 0.6 is 0 Å². The first kappa shape index (κ1) is 27.0. The number of carbonyl (C=O) groups excluding carboxylic acids is 2. The van der Waals surface area contributed by atoms with E-state index < -0.39 is 18.1 Å². The quantitative estimate of drug-likeness (QED) is 0.381. The van der Waals surface area contributed by atoms with Gasteiger partial charge in [0.2, 0.25) is 11.8 Å². The van der Waals surface area contributed by atoms with E-state index in [0.717, 1.165) is 12.1 Å². The maximum absolute atomic E-state index is 13.1. The van der Waals surface area contributed by atoms with Crippen LogP contribution in [0.25, 0.3) is 0 Å². The Labute approximate surface area is 187 Å². The molecule has 0 aromatic carbocycles. The summed E-state index contributed by atoms with van der Waals surface area (Å²) in [5.41, 5.74) is 6.89. The van der Waals surface area contributed by atoms with Crippen molar-refractivity contribution in [3.63, 3.8) is 0 Å². The summed E-state index contributed by atoms with van der Waals surface area (Å²) in [7, 11) is 0. The lowest BCUT2D eigenvalue weighted by Crippen LogP contribution is -2.52. The number of carbonyl (C=O) groups is 2. The lowest BCUT2D eigenvalue weighted by atomic mass is 9.85. The number of aromatic nitrogens is 1. The molecule has 0 radical (unpaired) electrons. The van der Waals surface area contributed by atoms with Crippen molar-refractivity contribution in [3.8, 4) is 0 Å². The molecule has 2 amide bonds. The van der Waals surface area contributed by atoms with Crippen LogP contribution in [0.3, 0.4) is 0 Å². The van der Waals surface area contributed by atoms with E-state index in [4.69, 9.17) is 5.73 Å². The van der Waals surface area contributed by atoms with Gasteiger partial charge in [-0.05, 0) is 42.7 Å². The largest absolute Gasteiger partial charge is 0.391 e. The second-order valence-electron chi connectivity index (χ2n) is 9.36. The fourth-order valence-electron chi connectivity index (χ4n) is 3.57. The van der Waals surface area contributed by atoms with Gasteiger partial charge >= 0.3 is 0 Å². The average Bonchev–Trinajstić information content (AvgIpc) is 2.73. The molecule has 0 aliphatic carbocycles. The van der Waals surface area contributed by atoms with E-state index in [1.807, 2.05) is 45.9 Å². The van der Waals surface area contributed by atoms with Crippen LogP contribution in [0.2, 0.25) is 0 Å². The van der Waals surface area contributed by atoms with Gasteiger partial charge in [0.25, 0.3) is 0 Å². The van der Waals surface area contributed by atoms with Crippen molar-refractivity contribution in [2.45, 2.75) is 85.5 Å². The van der Waals surface area contributed by atoms with Crippen molar-refractivity contribution in [2.75, 3.05) is 0 Å². The minimum absolute atomic E-state index is 0.00932. The maximum atomic E-state index is 13.1. The van der Waals surface area contributed by atoms with Crippen molar-refractivity contribution in [1.82, 2.24) is 15.6 Å². The molecule has 1 aromatic rings. The van der Waals surface area contributed by atoms with E-state index >= 15 is 0 Å². The number of hydrogen-bond donors (Lipinski definition) is 4. The van der Waals surface area contributed by atoms with E-state index in [2.05, 4.69) is 29.5 Å². The zero-order valence-electron chi connectivity index (χ0n) is 20.0. The minimum atomic E-state index is -0.763. The predicted octanol–water partition coefficient (Wildman–Crippen LogP) is 2.63. The predicted molar refractivity (Wildman–Crippen MR) is 124 cm³/mol. The monoisotopic (exact) mass is 434 g/mol. The molecule has 0 spiro atoms. The highest BCUT2D eigenvalue weighted by Crippen LogP contribution is 2.21. The van der Waals surface area contributed by atoms with Crippen LogP contribution in [-0.2, 0) is 16.1 Å². The zero-order chi connectivity index (χ0) is 23.6. The number of nitrogens with two attached hydrogens (primary N) is 1. The highest BCUT2D eigenvalue weighted by atomic mass is 16.3. The van der Waals surface area contributed by atoms with Crippen LogP contribution in [0.4, 0.5) is 0 Å². The maximum Gasteiger partial charge on any atom is 0.243 e. The summed E-state index contributed by atoms with van der Waals surface area (Å²) in [4.78, 5) is 30.2. The van der Waals surface area contributed by atoms with E-state index in [9.17, 15) is 14.7 Å². The summed E-state index contributed by atoms with van der Waals surface area (Å²) in [6.45, 7) is 12.3. The smallest absolute Gasteiger partial charge is 0.243 e. The first-order chi connectivity index (χ1) is 14.6. The fraction of sp³-hybridized carbons (Fsp3) is 0.708. The number of nitrogens with one attached hydrogen (secondary N) is 2. The van der Waals surface area contributed by atoms with E-state index in [1.54, 1.807) is 6.20 Å². The molecule has 0 saturated heterocycles. The molecule has 0 bridgehead atoms. The molecule has 0 aliphatic rings. The van der Waals surface area contributed by atoms with E-state index in [-0.39, 0.29) is 36.1 Å². The summed E-state index contributed by atoms with van der Waals surface area (Å²) in [6.07, 6.45) is 2.63. The van der Waals surface area contributed by atoms with Gasteiger partial charge in [-0.15, -0.1) is 0 Å². The Hall–Kier alpha value is -1.99. The molecule has 1 rings (SSSR count). The van der Waals surface area contributed by atoms with Gasteiger partial charge < -0.3 is 21.5 Å². The third-order valence-electron chi connectivity index (χ3n) is 5.84. The lowest BCUT2D eigenvalue weighted by Gasteiger charge is -2.30. The van der Waals surface area contributed by atoms with Crippen molar-refractivity contribution >= 4 is 11.8 Å². The third-order valence-corrected chi connectivity index (χ3v) is 5.84. The van der Waals surface area contributed by atoms with Crippen molar-refractivity contribution in [3.05, 3.63) is 30.1 Å². The first-order valence-corrected chi connectivity index (χ1v) is 11.5. The molecule has 5 atom stereocenters. The fourth-order valence-corrected chi connectivity index (χ4v) is 3.57. The summed E-state index contributed by atoms with van der Waals surface area (Å²) in [5, 5.41) is 16.4. The third kappa shape index (κ3) is 9.35. The summed E-state index contributed by atoms with van der Waals surface area (Å²) in [6, 6.07) is 4.50. The highest BCUT2D eigenvalue weighted by Gasteiger charge is 2.32. The molecule has 1 aromatic heterocycles. The van der Waals surface area contributed by atoms with Gasteiger partial charge in [0.05, 0.1) is 18.3 Å². The molecule has 0 saturated carbocycles. The van der Waals surface area contributed by atoms with Crippen LogP contribution in [0.1, 0.15) is 66.5 Å². The number of pyridine rings is 1. The number of aliphatic hydroxyl groups excluding tert-OH is 1. The van der Waals surface area contributed by atoms with Crippen LogP contribution < -0.4 is 16.4 Å². The number of rotatable bonds is 13. The Balaban J connectivity index is 2.82. The van der Waals surface area contributed by atoms with Gasteiger partial charge in [0, 0.05) is 18.2 Å². The number of hydrogen-bond acceptors (Lipinski definition) is 5. The molecular weight excluding hydrogens is 392 g/mol. The molecule has 0 fully saturated rings. The lowest BCUT2D eigenvalue weighted by molar-refractivity contribution is -0.134. The number of amides is 2. The van der Waals surface area contributed by atoms with Gasteiger partial charge in [-0.25, -0.2) is 0 Å². The van der Waals surface area contributed by atoms with Crippen LogP contribution in [0.5, 0.6) is 0 Å². The standard InChI is InChI=1S/C24H42N4O3/c1-7-17(6)22(24(31)27-14-18-10-8-9-11-26-18)28-23(30)19(16(4)5)13-21(29)20(25)12-15(2)3/h8-11,15-17,19-22,29H,7,12-14,25H2,1-6H3,(H,27,31)(H,28,30)/t17-,19+,20-,21-,22-/m0/s1. The molecule has 7 heteroatoms. The summed E-state index contributed by atoms with van der Waals surface area (Å²) in [5.74, 6) is -0.530. The Kier molecular flexibility index (Phi) is 11.7. The Bertz CT molecular complexity index is 666. The SMILES string of the molecule is CC[C@H](C)[C@H](NC(=O)[C@H](C[C@H](O)[C@@H](N)CC(C)C)C(C)C)C(=O)NCc1ccccn1. The van der Waals surface area contributed by atoms with Crippen molar-refractivity contribution in [2.24, 2.45) is 29.4 Å². The molecule has 31 heavy (non-hydrogen) atoms. The second kappa shape index (κ2) is 13.4.